The smallest absolute Gasteiger partial charge is 0.244 e. The Balaban J connectivity index is 1.78. The lowest BCUT2D eigenvalue weighted by Gasteiger charge is -2.37. The first-order chi connectivity index (χ1) is 9.68. The summed E-state index contributed by atoms with van der Waals surface area (Å²) in [4.78, 5) is 26.1. The summed E-state index contributed by atoms with van der Waals surface area (Å²) in [5.74, 6) is -0.0705. The second kappa shape index (κ2) is 5.25. The third-order valence-electron chi connectivity index (χ3n) is 4.31. The molecule has 0 aliphatic carbocycles. The summed E-state index contributed by atoms with van der Waals surface area (Å²) in [6.07, 6.45) is 1.72. The molecule has 20 heavy (non-hydrogen) atoms. The summed E-state index contributed by atoms with van der Waals surface area (Å²) in [6, 6.07) is 8.70. The van der Waals surface area contributed by atoms with Crippen LogP contribution in [0, 0.1) is 5.92 Å². The largest absolute Gasteiger partial charge is 0.354 e. The van der Waals surface area contributed by atoms with Crippen LogP contribution in [0.25, 0.3) is 0 Å². The summed E-state index contributed by atoms with van der Waals surface area (Å²) in [6.45, 7) is 1.24. The minimum atomic E-state index is -0.648. The predicted molar refractivity (Wildman–Crippen MR) is 74.6 cm³/mol. The van der Waals surface area contributed by atoms with Crippen molar-refractivity contribution in [2.24, 2.45) is 11.7 Å². The number of amides is 2. The molecule has 2 aliphatic heterocycles. The van der Waals surface area contributed by atoms with E-state index in [0.717, 1.165) is 18.4 Å². The van der Waals surface area contributed by atoms with Crippen molar-refractivity contribution in [1.82, 2.24) is 10.2 Å². The first-order valence-electron chi connectivity index (χ1n) is 7.07. The summed E-state index contributed by atoms with van der Waals surface area (Å²) in [5.41, 5.74) is 6.91. The van der Waals surface area contributed by atoms with Crippen LogP contribution in [0.2, 0.25) is 0 Å². The van der Waals surface area contributed by atoms with Gasteiger partial charge in [0, 0.05) is 13.1 Å². The van der Waals surface area contributed by atoms with Gasteiger partial charge in [-0.15, -0.1) is 0 Å². The number of fused-ring (bicyclic) bond motifs is 1. The SMILES string of the molecule is N[C@H](C(=O)N1CCCC2C(=O)NCC21)c1ccccc1. The highest BCUT2D eigenvalue weighted by atomic mass is 16.2. The van der Waals surface area contributed by atoms with Crippen molar-refractivity contribution in [3.63, 3.8) is 0 Å². The van der Waals surface area contributed by atoms with Crippen LogP contribution in [0.15, 0.2) is 30.3 Å². The number of hydrogen-bond acceptors (Lipinski definition) is 3. The molecule has 5 nitrogen and oxygen atoms in total. The van der Waals surface area contributed by atoms with Gasteiger partial charge < -0.3 is 16.0 Å². The third kappa shape index (κ3) is 2.18. The number of benzene rings is 1. The van der Waals surface area contributed by atoms with Crippen LogP contribution in [0.1, 0.15) is 24.4 Å². The maximum absolute atomic E-state index is 12.6. The molecule has 0 radical (unpaired) electrons. The van der Waals surface area contributed by atoms with Crippen LogP contribution in [0.3, 0.4) is 0 Å². The van der Waals surface area contributed by atoms with Crippen molar-refractivity contribution in [1.29, 1.82) is 0 Å². The second-order valence-corrected chi connectivity index (χ2v) is 5.48. The van der Waals surface area contributed by atoms with Crippen molar-refractivity contribution in [2.75, 3.05) is 13.1 Å². The van der Waals surface area contributed by atoms with Crippen LogP contribution in [-0.4, -0.2) is 35.8 Å². The van der Waals surface area contributed by atoms with Gasteiger partial charge in [0.05, 0.1) is 12.0 Å². The highest BCUT2D eigenvalue weighted by Gasteiger charge is 2.43. The Bertz CT molecular complexity index is 517. The molecule has 0 aromatic heterocycles. The van der Waals surface area contributed by atoms with Crippen LogP contribution in [0.4, 0.5) is 0 Å². The fourth-order valence-corrected chi connectivity index (χ4v) is 3.21. The summed E-state index contributed by atoms with van der Waals surface area (Å²) >= 11 is 0. The fraction of sp³-hybridized carbons (Fsp3) is 0.467. The van der Waals surface area contributed by atoms with Crippen molar-refractivity contribution in [3.8, 4) is 0 Å². The normalized spacial score (nSPS) is 26.9. The molecule has 5 heteroatoms. The minimum absolute atomic E-state index is 0.0292. The van der Waals surface area contributed by atoms with Gasteiger partial charge in [0.25, 0.3) is 0 Å². The van der Waals surface area contributed by atoms with E-state index in [-0.39, 0.29) is 23.8 Å². The quantitative estimate of drug-likeness (QED) is 0.820. The third-order valence-corrected chi connectivity index (χ3v) is 4.31. The van der Waals surface area contributed by atoms with Crippen LogP contribution in [-0.2, 0) is 9.59 Å². The summed E-state index contributed by atoms with van der Waals surface area (Å²) in [5, 5.41) is 2.85. The first-order valence-corrected chi connectivity index (χ1v) is 7.07. The molecule has 106 valence electrons. The van der Waals surface area contributed by atoms with Crippen molar-refractivity contribution < 1.29 is 9.59 Å². The van der Waals surface area contributed by atoms with E-state index >= 15 is 0 Å². The van der Waals surface area contributed by atoms with E-state index < -0.39 is 6.04 Å². The van der Waals surface area contributed by atoms with Crippen LogP contribution >= 0.6 is 0 Å². The first kappa shape index (κ1) is 13.1. The minimum Gasteiger partial charge on any atom is -0.354 e. The Hall–Kier alpha value is -1.88. The molecule has 0 bridgehead atoms. The van der Waals surface area contributed by atoms with Crippen LogP contribution in [0.5, 0.6) is 0 Å². The molecule has 0 saturated carbocycles. The maximum Gasteiger partial charge on any atom is 0.244 e. The standard InChI is InChI=1S/C15H19N3O2/c16-13(10-5-2-1-3-6-10)15(20)18-8-4-7-11-12(18)9-17-14(11)19/h1-3,5-6,11-13H,4,7-9,16H2,(H,17,19)/t11?,12?,13-/m0/s1. The summed E-state index contributed by atoms with van der Waals surface area (Å²) in [7, 11) is 0. The molecule has 2 aliphatic rings. The zero-order valence-electron chi connectivity index (χ0n) is 11.3. The van der Waals surface area contributed by atoms with Gasteiger partial charge >= 0.3 is 0 Å². The van der Waals surface area contributed by atoms with E-state index in [9.17, 15) is 9.59 Å². The number of carbonyl (C=O) groups excluding carboxylic acids is 2. The fourth-order valence-electron chi connectivity index (χ4n) is 3.21. The molecule has 1 aromatic rings. The number of nitrogens with one attached hydrogen (secondary N) is 1. The van der Waals surface area contributed by atoms with Crippen molar-refractivity contribution in [2.45, 2.75) is 24.9 Å². The molecule has 3 N–H and O–H groups in total. The number of piperidine rings is 1. The van der Waals surface area contributed by atoms with Gasteiger partial charge in [-0.05, 0) is 18.4 Å². The van der Waals surface area contributed by atoms with Crippen LogP contribution < -0.4 is 11.1 Å². The van der Waals surface area contributed by atoms with Gasteiger partial charge in [-0.25, -0.2) is 0 Å². The Morgan fingerprint density at radius 3 is 2.85 bits per heavy atom. The van der Waals surface area contributed by atoms with Gasteiger partial charge in [-0.1, -0.05) is 30.3 Å². The lowest BCUT2D eigenvalue weighted by Crippen LogP contribution is -2.51. The Morgan fingerprint density at radius 1 is 1.35 bits per heavy atom. The molecule has 2 unspecified atom stereocenters. The molecule has 3 atom stereocenters. The molecule has 2 saturated heterocycles. The molecule has 0 spiro atoms. The van der Waals surface area contributed by atoms with Gasteiger partial charge in [-0.3, -0.25) is 9.59 Å². The molecule has 3 rings (SSSR count). The number of nitrogens with two attached hydrogens (primary N) is 1. The van der Waals surface area contributed by atoms with Gasteiger partial charge in [0.2, 0.25) is 11.8 Å². The van der Waals surface area contributed by atoms with E-state index in [1.807, 2.05) is 30.3 Å². The van der Waals surface area contributed by atoms with Crippen molar-refractivity contribution in [3.05, 3.63) is 35.9 Å². The zero-order chi connectivity index (χ0) is 14.1. The molecular weight excluding hydrogens is 254 g/mol. The van der Waals surface area contributed by atoms with E-state index in [1.54, 1.807) is 4.90 Å². The molecule has 2 amide bonds. The van der Waals surface area contributed by atoms with Gasteiger partial charge in [-0.2, -0.15) is 0 Å². The number of nitrogens with zero attached hydrogens (tertiary/aromatic N) is 1. The molecule has 2 fully saturated rings. The van der Waals surface area contributed by atoms with E-state index in [1.165, 1.54) is 0 Å². The molecule has 1 aromatic carbocycles. The highest BCUT2D eigenvalue weighted by molar-refractivity contribution is 5.87. The second-order valence-electron chi connectivity index (χ2n) is 5.48. The summed E-state index contributed by atoms with van der Waals surface area (Å²) < 4.78 is 0. The predicted octanol–water partition coefficient (Wildman–Crippen LogP) is 0.423. The Kier molecular flexibility index (Phi) is 3.44. The van der Waals surface area contributed by atoms with Gasteiger partial charge in [0.1, 0.15) is 6.04 Å². The Labute approximate surface area is 118 Å². The average Bonchev–Trinajstić information content (AvgIpc) is 2.88. The topological polar surface area (TPSA) is 75.4 Å². The number of likely N-dealkylation sites (tertiary alicyclic amines) is 1. The lowest BCUT2D eigenvalue weighted by molar-refractivity contribution is -0.138. The van der Waals surface area contributed by atoms with Crippen molar-refractivity contribution >= 4 is 11.8 Å². The lowest BCUT2D eigenvalue weighted by atomic mass is 9.90. The number of hydrogen-bond donors (Lipinski definition) is 2. The number of carbonyl (C=O) groups is 2. The zero-order valence-corrected chi connectivity index (χ0v) is 11.3. The maximum atomic E-state index is 12.6. The van der Waals surface area contributed by atoms with E-state index in [4.69, 9.17) is 5.73 Å². The highest BCUT2D eigenvalue weighted by Crippen LogP contribution is 2.29. The number of rotatable bonds is 2. The van der Waals surface area contributed by atoms with E-state index in [2.05, 4.69) is 5.32 Å². The van der Waals surface area contributed by atoms with E-state index in [0.29, 0.717) is 13.1 Å². The average molecular weight is 273 g/mol. The molecular formula is C15H19N3O2. The Morgan fingerprint density at radius 2 is 2.10 bits per heavy atom. The monoisotopic (exact) mass is 273 g/mol. The van der Waals surface area contributed by atoms with Gasteiger partial charge in [0.15, 0.2) is 0 Å². The molecule has 2 heterocycles.